The molecule has 4 heteroatoms. The van der Waals surface area contributed by atoms with E-state index < -0.39 is 11.7 Å². The smallest absolute Gasteiger partial charge is 0.407 e. The van der Waals surface area contributed by atoms with Crippen molar-refractivity contribution in [1.29, 1.82) is 0 Å². The van der Waals surface area contributed by atoms with Gasteiger partial charge >= 0.3 is 6.09 Å². The quantitative estimate of drug-likeness (QED) is 0.831. The van der Waals surface area contributed by atoms with E-state index in [1.54, 1.807) is 0 Å². The molecule has 1 amide bonds. The SMILES string of the molecule is CC(C)(C)OC(=O)NCc1ccccc1CCC=O. The molecule has 0 aliphatic carbocycles. The number of carbonyl (C=O) groups excluding carboxylic acids is 2. The van der Waals surface area contributed by atoms with E-state index in [9.17, 15) is 9.59 Å². The molecule has 0 unspecified atom stereocenters. The van der Waals surface area contributed by atoms with Crippen molar-refractivity contribution in [3.05, 3.63) is 35.4 Å². The van der Waals surface area contributed by atoms with E-state index in [0.29, 0.717) is 19.4 Å². The van der Waals surface area contributed by atoms with Gasteiger partial charge in [-0.05, 0) is 38.3 Å². The fourth-order valence-corrected chi connectivity index (χ4v) is 1.67. The summed E-state index contributed by atoms with van der Waals surface area (Å²) in [6.45, 7) is 5.88. The lowest BCUT2D eigenvalue weighted by molar-refractivity contribution is -0.107. The molecule has 0 fully saturated rings. The molecule has 0 heterocycles. The number of rotatable bonds is 5. The van der Waals surface area contributed by atoms with Gasteiger partial charge in [-0.3, -0.25) is 0 Å². The summed E-state index contributed by atoms with van der Waals surface area (Å²) in [6.07, 6.45) is 1.65. The Bertz CT molecular complexity index is 435. The minimum Gasteiger partial charge on any atom is -0.444 e. The maximum Gasteiger partial charge on any atom is 0.407 e. The van der Waals surface area contributed by atoms with E-state index in [-0.39, 0.29) is 0 Å². The zero-order chi connectivity index (χ0) is 14.3. The summed E-state index contributed by atoms with van der Waals surface area (Å²) in [5.41, 5.74) is 1.59. The Balaban J connectivity index is 2.57. The third-order valence-corrected chi connectivity index (χ3v) is 2.47. The van der Waals surface area contributed by atoms with Gasteiger partial charge in [-0.15, -0.1) is 0 Å². The third kappa shape index (κ3) is 6.04. The molecule has 0 saturated heterocycles. The van der Waals surface area contributed by atoms with Crippen LogP contribution in [0, 0.1) is 0 Å². The van der Waals surface area contributed by atoms with Crippen molar-refractivity contribution in [3.63, 3.8) is 0 Å². The van der Waals surface area contributed by atoms with Crippen LogP contribution in [0.4, 0.5) is 4.79 Å². The van der Waals surface area contributed by atoms with Crippen molar-refractivity contribution in [2.75, 3.05) is 0 Å². The average molecular weight is 263 g/mol. The molecule has 1 N–H and O–H groups in total. The molecule has 0 radical (unpaired) electrons. The molecular formula is C15H21NO3. The fraction of sp³-hybridized carbons (Fsp3) is 0.467. The highest BCUT2D eigenvalue weighted by atomic mass is 16.6. The Labute approximate surface area is 114 Å². The van der Waals surface area contributed by atoms with Crippen LogP contribution in [0.5, 0.6) is 0 Å². The summed E-state index contributed by atoms with van der Waals surface area (Å²) in [5.74, 6) is 0. The first-order chi connectivity index (χ1) is 8.92. The number of nitrogens with one attached hydrogen (secondary N) is 1. The highest BCUT2D eigenvalue weighted by molar-refractivity contribution is 5.67. The third-order valence-electron chi connectivity index (χ3n) is 2.47. The van der Waals surface area contributed by atoms with Gasteiger partial charge in [0.2, 0.25) is 0 Å². The molecule has 0 atom stereocenters. The number of hydrogen-bond acceptors (Lipinski definition) is 3. The lowest BCUT2D eigenvalue weighted by Crippen LogP contribution is -2.32. The molecule has 1 rings (SSSR count). The van der Waals surface area contributed by atoms with Crippen LogP contribution in [0.1, 0.15) is 38.3 Å². The van der Waals surface area contributed by atoms with Crippen LogP contribution in [0.25, 0.3) is 0 Å². The second kappa shape index (κ2) is 6.92. The molecule has 0 aliphatic heterocycles. The van der Waals surface area contributed by atoms with Crippen molar-refractivity contribution < 1.29 is 14.3 Å². The van der Waals surface area contributed by atoms with Gasteiger partial charge in [0.05, 0.1) is 0 Å². The van der Waals surface area contributed by atoms with E-state index in [1.807, 2.05) is 45.0 Å². The predicted octanol–water partition coefficient (Wildman–Crippen LogP) is 2.84. The van der Waals surface area contributed by atoms with Crippen molar-refractivity contribution in [3.8, 4) is 0 Å². The van der Waals surface area contributed by atoms with E-state index in [0.717, 1.165) is 17.4 Å². The van der Waals surface area contributed by atoms with Crippen molar-refractivity contribution in [2.45, 2.75) is 45.8 Å². The Hall–Kier alpha value is -1.84. The maximum absolute atomic E-state index is 11.6. The largest absolute Gasteiger partial charge is 0.444 e. The van der Waals surface area contributed by atoms with Gasteiger partial charge in [-0.1, -0.05) is 24.3 Å². The van der Waals surface area contributed by atoms with Crippen LogP contribution >= 0.6 is 0 Å². The molecule has 1 aromatic rings. The normalized spacial score (nSPS) is 10.9. The van der Waals surface area contributed by atoms with Crippen molar-refractivity contribution >= 4 is 12.4 Å². The van der Waals surface area contributed by atoms with E-state index in [2.05, 4.69) is 5.32 Å². The first-order valence-corrected chi connectivity index (χ1v) is 6.39. The first kappa shape index (κ1) is 15.2. The molecule has 1 aromatic carbocycles. The second-order valence-corrected chi connectivity index (χ2v) is 5.33. The Morgan fingerprint density at radius 3 is 2.47 bits per heavy atom. The second-order valence-electron chi connectivity index (χ2n) is 5.33. The number of aldehydes is 1. The van der Waals surface area contributed by atoms with Gasteiger partial charge < -0.3 is 14.8 Å². The Morgan fingerprint density at radius 1 is 1.26 bits per heavy atom. The van der Waals surface area contributed by atoms with Crippen LogP contribution in [-0.4, -0.2) is 18.0 Å². The van der Waals surface area contributed by atoms with Crippen LogP contribution in [0.2, 0.25) is 0 Å². The number of alkyl carbamates (subject to hydrolysis) is 1. The summed E-state index contributed by atoms with van der Waals surface area (Å²) in [5, 5.41) is 2.72. The standard InChI is InChI=1S/C15H21NO3/c1-15(2,3)19-14(18)16-11-13-8-5-4-7-12(13)9-6-10-17/h4-5,7-8,10H,6,9,11H2,1-3H3,(H,16,18). The monoisotopic (exact) mass is 263 g/mol. The predicted molar refractivity (Wildman–Crippen MR) is 73.9 cm³/mol. The molecule has 19 heavy (non-hydrogen) atoms. The molecule has 4 nitrogen and oxygen atoms in total. The minimum absolute atomic E-state index is 0.407. The summed E-state index contributed by atoms with van der Waals surface area (Å²) in [6, 6.07) is 7.75. The van der Waals surface area contributed by atoms with Crippen molar-refractivity contribution in [1.82, 2.24) is 5.32 Å². The highest BCUT2D eigenvalue weighted by Crippen LogP contribution is 2.11. The summed E-state index contributed by atoms with van der Waals surface area (Å²) >= 11 is 0. The molecule has 0 aliphatic rings. The van der Waals surface area contributed by atoms with E-state index in [4.69, 9.17) is 4.74 Å². The van der Waals surface area contributed by atoms with E-state index >= 15 is 0 Å². The van der Waals surface area contributed by atoms with Gasteiger partial charge in [0, 0.05) is 13.0 Å². The molecule has 0 saturated carbocycles. The Kier molecular flexibility index (Phi) is 5.55. The summed E-state index contributed by atoms with van der Waals surface area (Å²) in [4.78, 5) is 22.0. The van der Waals surface area contributed by atoms with Gasteiger partial charge in [0.1, 0.15) is 11.9 Å². The minimum atomic E-state index is -0.499. The fourth-order valence-electron chi connectivity index (χ4n) is 1.67. The molecule has 0 bridgehead atoms. The summed E-state index contributed by atoms with van der Waals surface area (Å²) < 4.78 is 5.17. The number of benzene rings is 1. The maximum atomic E-state index is 11.6. The zero-order valence-corrected chi connectivity index (χ0v) is 11.7. The lowest BCUT2D eigenvalue weighted by atomic mass is 10.0. The van der Waals surface area contributed by atoms with Gasteiger partial charge in [0.15, 0.2) is 0 Å². The van der Waals surface area contributed by atoms with E-state index in [1.165, 1.54) is 0 Å². The molecule has 0 aromatic heterocycles. The average Bonchev–Trinajstić information content (AvgIpc) is 2.32. The van der Waals surface area contributed by atoms with Gasteiger partial charge in [0.25, 0.3) is 0 Å². The number of carbonyl (C=O) groups is 2. The number of hydrogen-bond donors (Lipinski definition) is 1. The van der Waals surface area contributed by atoms with Crippen molar-refractivity contribution in [2.24, 2.45) is 0 Å². The van der Waals surface area contributed by atoms with Crippen LogP contribution < -0.4 is 5.32 Å². The molecule has 104 valence electrons. The number of amides is 1. The topological polar surface area (TPSA) is 55.4 Å². The molecule has 0 spiro atoms. The first-order valence-electron chi connectivity index (χ1n) is 6.39. The number of ether oxygens (including phenoxy) is 1. The van der Waals surface area contributed by atoms with Gasteiger partial charge in [-0.25, -0.2) is 4.79 Å². The molecular weight excluding hydrogens is 242 g/mol. The van der Waals surface area contributed by atoms with Gasteiger partial charge in [-0.2, -0.15) is 0 Å². The highest BCUT2D eigenvalue weighted by Gasteiger charge is 2.15. The Morgan fingerprint density at radius 2 is 1.89 bits per heavy atom. The van der Waals surface area contributed by atoms with Crippen LogP contribution in [-0.2, 0) is 22.5 Å². The van der Waals surface area contributed by atoms with Crippen LogP contribution in [0.15, 0.2) is 24.3 Å². The zero-order valence-electron chi connectivity index (χ0n) is 11.7. The summed E-state index contributed by atoms with van der Waals surface area (Å²) in [7, 11) is 0. The lowest BCUT2D eigenvalue weighted by Gasteiger charge is -2.20. The van der Waals surface area contributed by atoms with Crippen LogP contribution in [0.3, 0.4) is 0 Å². The number of aryl methyl sites for hydroxylation is 1.